The molecule has 1 fully saturated rings. The van der Waals surface area contributed by atoms with Crippen LogP contribution in [0.4, 0.5) is 26.3 Å². The molecule has 0 saturated heterocycles. The van der Waals surface area contributed by atoms with Gasteiger partial charge in [-0.3, -0.25) is 0 Å². The van der Waals surface area contributed by atoms with E-state index in [-0.39, 0.29) is 33.9 Å². The first kappa shape index (κ1) is 30.2. The van der Waals surface area contributed by atoms with E-state index in [1.165, 1.54) is 37.3 Å². The number of unbranched alkanes of at least 4 members (excludes halogenated alkanes) is 1. The van der Waals surface area contributed by atoms with Crippen LogP contribution in [0.3, 0.4) is 0 Å². The Hall–Kier alpha value is -3.22. The van der Waals surface area contributed by atoms with Gasteiger partial charge in [0.05, 0.1) is 6.61 Å². The molecule has 0 aromatic heterocycles. The highest BCUT2D eigenvalue weighted by atomic mass is 19.2. The van der Waals surface area contributed by atoms with Crippen LogP contribution < -0.4 is 4.74 Å². The van der Waals surface area contributed by atoms with Gasteiger partial charge >= 0.3 is 0 Å². The Morgan fingerprint density at radius 2 is 1.31 bits per heavy atom. The second kappa shape index (κ2) is 13.0. The van der Waals surface area contributed by atoms with E-state index in [0.29, 0.717) is 36.0 Å². The Bertz CT molecular complexity index is 1470. The Morgan fingerprint density at radius 1 is 0.667 bits per heavy atom. The van der Waals surface area contributed by atoms with Gasteiger partial charge in [0, 0.05) is 16.7 Å². The van der Waals surface area contributed by atoms with Crippen molar-refractivity contribution >= 4 is 5.57 Å². The summed E-state index contributed by atoms with van der Waals surface area (Å²) in [7, 11) is 0. The topological polar surface area (TPSA) is 9.23 Å². The molecule has 1 unspecified atom stereocenters. The lowest BCUT2D eigenvalue weighted by atomic mass is 9.70. The molecule has 1 nitrogen and oxygen atoms in total. The van der Waals surface area contributed by atoms with Crippen molar-refractivity contribution in [1.82, 2.24) is 0 Å². The zero-order valence-corrected chi connectivity index (χ0v) is 24.0. The first-order chi connectivity index (χ1) is 20.2. The summed E-state index contributed by atoms with van der Waals surface area (Å²) in [6, 6.07) is 8.53. The molecule has 224 valence electrons. The van der Waals surface area contributed by atoms with Gasteiger partial charge in [0.1, 0.15) is 0 Å². The SMILES string of the molecule is CCCCOc1ccc(C2CCC(C3CC=C(c4ccc(-c5ccc(C)c(F)c5F)c(F)c4F)CC3)CC2)c(F)c1F. The van der Waals surface area contributed by atoms with Gasteiger partial charge in [0.25, 0.3) is 0 Å². The van der Waals surface area contributed by atoms with Gasteiger partial charge in [-0.15, -0.1) is 0 Å². The van der Waals surface area contributed by atoms with Gasteiger partial charge in [-0.25, -0.2) is 22.0 Å². The minimum absolute atomic E-state index is 0.0367. The van der Waals surface area contributed by atoms with E-state index < -0.39 is 34.9 Å². The average Bonchev–Trinajstić information content (AvgIpc) is 3.00. The van der Waals surface area contributed by atoms with E-state index in [2.05, 4.69) is 0 Å². The van der Waals surface area contributed by atoms with E-state index in [1.807, 2.05) is 13.0 Å². The number of aryl methyl sites for hydroxylation is 1. The highest BCUT2D eigenvalue weighted by Gasteiger charge is 2.32. The minimum atomic E-state index is -1.20. The van der Waals surface area contributed by atoms with Crippen molar-refractivity contribution in [2.24, 2.45) is 11.8 Å². The fraction of sp³-hybridized carbons (Fsp3) is 0.429. The molecular formula is C35H36F6O. The molecule has 0 bridgehead atoms. The van der Waals surface area contributed by atoms with Gasteiger partial charge in [-0.1, -0.05) is 49.8 Å². The first-order valence-corrected chi connectivity index (χ1v) is 14.9. The van der Waals surface area contributed by atoms with Crippen molar-refractivity contribution in [2.75, 3.05) is 6.61 Å². The molecule has 0 aliphatic heterocycles. The third-order valence-electron chi connectivity index (χ3n) is 9.16. The molecule has 3 aromatic carbocycles. The lowest BCUT2D eigenvalue weighted by Crippen LogP contribution is -2.23. The van der Waals surface area contributed by atoms with E-state index >= 15 is 8.78 Å². The standard InChI is InChI=1S/C35H36F6O/c1-3-4-19-42-29-18-17-26(32(38)35(29)41)24-12-8-22(9-13-24)21-6-10-23(11-7-21)25-15-16-28(34(40)31(25)37)27-14-5-20(2)30(36)33(27)39/h5,10,14-18,21-22,24H,3-4,6-9,11-13,19H2,1-2H3. The van der Waals surface area contributed by atoms with Crippen LogP contribution in [0.15, 0.2) is 42.5 Å². The maximum Gasteiger partial charge on any atom is 0.200 e. The summed E-state index contributed by atoms with van der Waals surface area (Å²) in [5.41, 5.74) is 0.728. The number of hydrogen-bond acceptors (Lipinski definition) is 1. The fourth-order valence-corrected chi connectivity index (χ4v) is 6.59. The van der Waals surface area contributed by atoms with Gasteiger partial charge in [-0.2, -0.15) is 4.39 Å². The van der Waals surface area contributed by atoms with Gasteiger partial charge in [0.2, 0.25) is 5.82 Å². The normalized spacial score (nSPS) is 20.9. The average molecular weight is 587 g/mol. The third kappa shape index (κ3) is 5.97. The van der Waals surface area contributed by atoms with E-state index in [1.54, 1.807) is 6.07 Å². The first-order valence-electron chi connectivity index (χ1n) is 14.9. The Balaban J connectivity index is 1.22. The van der Waals surface area contributed by atoms with Crippen LogP contribution in [-0.4, -0.2) is 6.61 Å². The monoisotopic (exact) mass is 586 g/mol. The van der Waals surface area contributed by atoms with Crippen molar-refractivity contribution in [3.05, 3.63) is 94.1 Å². The highest BCUT2D eigenvalue weighted by Crippen LogP contribution is 2.45. The fourth-order valence-electron chi connectivity index (χ4n) is 6.59. The number of halogens is 6. The molecule has 3 aromatic rings. The molecule has 0 N–H and O–H groups in total. The van der Waals surface area contributed by atoms with Gasteiger partial charge in [-0.05, 0) is 98.8 Å². The largest absolute Gasteiger partial charge is 0.490 e. The predicted molar refractivity (Wildman–Crippen MR) is 153 cm³/mol. The molecular weight excluding hydrogens is 550 g/mol. The number of ether oxygens (including phenoxy) is 1. The smallest absolute Gasteiger partial charge is 0.200 e. The molecule has 0 heterocycles. The molecule has 0 amide bonds. The second-order valence-electron chi connectivity index (χ2n) is 11.7. The van der Waals surface area contributed by atoms with Crippen LogP contribution in [0.1, 0.15) is 87.3 Å². The molecule has 0 radical (unpaired) electrons. The molecule has 1 atom stereocenters. The van der Waals surface area contributed by atoms with E-state index in [9.17, 15) is 17.6 Å². The lowest BCUT2D eigenvalue weighted by molar-refractivity contribution is 0.218. The van der Waals surface area contributed by atoms with Crippen LogP contribution in [0.25, 0.3) is 16.7 Å². The van der Waals surface area contributed by atoms with Crippen molar-refractivity contribution < 1.29 is 31.1 Å². The van der Waals surface area contributed by atoms with Crippen molar-refractivity contribution in [2.45, 2.75) is 77.6 Å². The zero-order chi connectivity index (χ0) is 30.0. The Labute approximate surface area is 243 Å². The summed E-state index contributed by atoms with van der Waals surface area (Å²) in [4.78, 5) is 0. The van der Waals surface area contributed by atoms with Crippen molar-refractivity contribution in [3.8, 4) is 16.9 Å². The summed E-state index contributed by atoms with van der Waals surface area (Å²) in [5, 5.41) is 0. The molecule has 2 aliphatic rings. The maximum absolute atomic E-state index is 15.2. The van der Waals surface area contributed by atoms with Crippen molar-refractivity contribution in [3.63, 3.8) is 0 Å². The van der Waals surface area contributed by atoms with Crippen molar-refractivity contribution in [1.29, 1.82) is 0 Å². The van der Waals surface area contributed by atoms with Gasteiger partial charge in [0.15, 0.2) is 34.8 Å². The van der Waals surface area contributed by atoms with Crippen LogP contribution in [0.5, 0.6) is 5.75 Å². The molecule has 1 saturated carbocycles. The number of benzene rings is 3. The minimum Gasteiger partial charge on any atom is -0.490 e. The number of rotatable bonds is 8. The number of hydrogen-bond donors (Lipinski definition) is 0. The molecule has 7 heteroatoms. The quantitative estimate of drug-likeness (QED) is 0.188. The van der Waals surface area contributed by atoms with Crippen LogP contribution >= 0.6 is 0 Å². The lowest BCUT2D eigenvalue weighted by Gasteiger charge is -2.36. The Morgan fingerprint density at radius 3 is 1.98 bits per heavy atom. The zero-order valence-electron chi connectivity index (χ0n) is 24.0. The number of allylic oxidation sites excluding steroid dienone is 2. The van der Waals surface area contributed by atoms with E-state index in [4.69, 9.17) is 4.74 Å². The summed E-state index contributed by atoms with van der Waals surface area (Å²) in [5.74, 6) is -5.53. The van der Waals surface area contributed by atoms with Gasteiger partial charge < -0.3 is 4.74 Å². The Kier molecular flexibility index (Phi) is 9.34. The van der Waals surface area contributed by atoms with Crippen LogP contribution in [0, 0.1) is 53.7 Å². The molecule has 5 rings (SSSR count). The molecule has 2 aliphatic carbocycles. The van der Waals surface area contributed by atoms with Crippen LogP contribution in [-0.2, 0) is 0 Å². The van der Waals surface area contributed by atoms with Crippen LogP contribution in [0.2, 0.25) is 0 Å². The third-order valence-corrected chi connectivity index (χ3v) is 9.16. The summed E-state index contributed by atoms with van der Waals surface area (Å²) < 4.78 is 93.6. The highest BCUT2D eigenvalue weighted by molar-refractivity contribution is 5.72. The van der Waals surface area contributed by atoms with E-state index in [0.717, 1.165) is 51.4 Å². The predicted octanol–water partition coefficient (Wildman–Crippen LogP) is 10.8. The maximum atomic E-state index is 15.2. The molecule has 42 heavy (non-hydrogen) atoms. The summed E-state index contributed by atoms with van der Waals surface area (Å²) in [6.07, 6.45) is 9.07. The summed E-state index contributed by atoms with van der Waals surface area (Å²) in [6.45, 7) is 3.76. The summed E-state index contributed by atoms with van der Waals surface area (Å²) >= 11 is 0. The second-order valence-corrected chi connectivity index (χ2v) is 11.7. The molecule has 0 spiro atoms.